The Morgan fingerprint density at radius 2 is 1.84 bits per heavy atom. The van der Waals surface area contributed by atoms with Crippen LogP contribution in [0.3, 0.4) is 0 Å². The van der Waals surface area contributed by atoms with Gasteiger partial charge in [-0.3, -0.25) is 9.36 Å². The maximum Gasteiger partial charge on any atom is 0.323 e. The fraction of sp³-hybridized carbons (Fsp3) is 0.389. The molecule has 2 rings (SSSR count). The highest BCUT2D eigenvalue weighted by molar-refractivity contribution is 7.49. The summed E-state index contributed by atoms with van der Waals surface area (Å²) in [7, 11) is -4.47. The van der Waals surface area contributed by atoms with Crippen LogP contribution in [-0.2, 0) is 14.1 Å². The molecule has 0 saturated carbocycles. The second kappa shape index (κ2) is 7.56. The standard InChI is InChI=1S/C18H24NO5P/c1-13(17(20)23-12-18(2,3)4)19-25(21,22)24-16-10-9-14-7-5-6-8-15(14)11-16/h5-11,13H,12H2,1-4H3,(H2,19,21,22)/p-1/t13-/m0/s1. The van der Waals surface area contributed by atoms with Crippen molar-refractivity contribution in [3.05, 3.63) is 42.5 Å². The third-order valence-electron chi connectivity index (χ3n) is 3.30. The van der Waals surface area contributed by atoms with Crippen molar-refractivity contribution in [2.24, 2.45) is 5.41 Å². The fourth-order valence-electron chi connectivity index (χ4n) is 2.09. The minimum absolute atomic E-state index is 0.180. The van der Waals surface area contributed by atoms with Gasteiger partial charge >= 0.3 is 5.97 Å². The highest BCUT2D eigenvalue weighted by Crippen LogP contribution is 2.36. The lowest BCUT2D eigenvalue weighted by Gasteiger charge is -2.28. The fourth-order valence-corrected chi connectivity index (χ4v) is 3.12. The first-order valence-corrected chi connectivity index (χ1v) is 9.54. The summed E-state index contributed by atoms with van der Waals surface area (Å²) < 4.78 is 22.3. The number of ether oxygens (including phenoxy) is 1. The van der Waals surface area contributed by atoms with Crippen molar-refractivity contribution in [3.63, 3.8) is 0 Å². The molecule has 136 valence electrons. The van der Waals surface area contributed by atoms with Gasteiger partial charge in [0.15, 0.2) is 0 Å². The molecule has 2 aromatic rings. The zero-order valence-corrected chi connectivity index (χ0v) is 15.7. The minimum atomic E-state index is -4.47. The van der Waals surface area contributed by atoms with Gasteiger partial charge in [0.1, 0.15) is 11.8 Å². The summed E-state index contributed by atoms with van der Waals surface area (Å²) in [5.74, 6) is -0.465. The first-order valence-electron chi connectivity index (χ1n) is 8.00. The molecule has 7 heteroatoms. The highest BCUT2D eigenvalue weighted by atomic mass is 31.2. The Kier molecular flexibility index (Phi) is 5.88. The molecule has 0 aliphatic heterocycles. The predicted molar refractivity (Wildman–Crippen MR) is 95.2 cm³/mol. The zero-order chi connectivity index (χ0) is 18.7. The van der Waals surface area contributed by atoms with Gasteiger partial charge in [-0.25, -0.2) is 5.09 Å². The van der Waals surface area contributed by atoms with Crippen LogP contribution >= 0.6 is 7.75 Å². The van der Waals surface area contributed by atoms with Gasteiger partial charge in [0, 0.05) is 0 Å². The molecule has 0 aromatic heterocycles. The van der Waals surface area contributed by atoms with Gasteiger partial charge in [0.2, 0.25) is 0 Å². The van der Waals surface area contributed by atoms with E-state index in [1.807, 2.05) is 45.0 Å². The molecule has 1 unspecified atom stereocenters. The summed E-state index contributed by atoms with van der Waals surface area (Å²) in [5, 5.41) is 4.03. The van der Waals surface area contributed by atoms with Gasteiger partial charge in [-0.05, 0) is 35.2 Å². The van der Waals surface area contributed by atoms with E-state index in [0.717, 1.165) is 10.8 Å². The number of carbonyl (C=O) groups excluding carboxylic acids is 1. The Balaban J connectivity index is 2.00. The van der Waals surface area contributed by atoms with Crippen molar-refractivity contribution >= 4 is 24.5 Å². The van der Waals surface area contributed by atoms with Crippen molar-refractivity contribution in [1.29, 1.82) is 0 Å². The molecule has 2 aromatic carbocycles. The van der Waals surface area contributed by atoms with Crippen LogP contribution < -0.4 is 14.5 Å². The SMILES string of the molecule is C[C@H](NP(=O)([O-])Oc1ccc2ccccc2c1)C(=O)OCC(C)(C)C. The molecule has 1 N–H and O–H groups in total. The summed E-state index contributed by atoms with van der Waals surface area (Å²) in [5.41, 5.74) is -0.196. The van der Waals surface area contributed by atoms with E-state index in [2.05, 4.69) is 5.09 Å². The van der Waals surface area contributed by atoms with Crippen molar-refractivity contribution in [3.8, 4) is 5.75 Å². The third kappa shape index (κ3) is 6.16. The summed E-state index contributed by atoms with van der Waals surface area (Å²) in [6, 6.07) is 11.5. The third-order valence-corrected chi connectivity index (χ3v) is 4.45. The van der Waals surface area contributed by atoms with Crippen LogP contribution in [0.1, 0.15) is 27.7 Å². The van der Waals surface area contributed by atoms with Crippen LogP contribution in [0.4, 0.5) is 0 Å². The topological polar surface area (TPSA) is 87.7 Å². The van der Waals surface area contributed by atoms with E-state index in [1.54, 1.807) is 18.2 Å². The Hall–Kier alpha value is -1.88. The molecular formula is C18H23NO5P-. The van der Waals surface area contributed by atoms with E-state index in [1.165, 1.54) is 6.92 Å². The second-order valence-corrected chi connectivity index (χ2v) is 8.55. The molecule has 0 amide bonds. The van der Waals surface area contributed by atoms with Gasteiger partial charge in [-0.2, -0.15) is 0 Å². The number of fused-ring (bicyclic) bond motifs is 1. The summed E-state index contributed by atoms with van der Waals surface area (Å²) in [4.78, 5) is 24.0. The number of rotatable bonds is 6. The normalized spacial score (nSPS) is 15.4. The molecular weight excluding hydrogens is 341 g/mol. The molecule has 0 heterocycles. The smallest absolute Gasteiger partial charge is 0.323 e. The molecule has 0 aliphatic carbocycles. The van der Waals surface area contributed by atoms with Crippen LogP contribution in [-0.4, -0.2) is 18.6 Å². The van der Waals surface area contributed by atoms with Gasteiger partial charge < -0.3 is 14.2 Å². The maximum absolute atomic E-state index is 12.1. The van der Waals surface area contributed by atoms with Crippen molar-refractivity contribution in [1.82, 2.24) is 5.09 Å². The monoisotopic (exact) mass is 364 g/mol. The van der Waals surface area contributed by atoms with Gasteiger partial charge in [-0.15, -0.1) is 0 Å². The predicted octanol–water partition coefficient (Wildman–Crippen LogP) is 3.25. The van der Waals surface area contributed by atoms with E-state index in [9.17, 15) is 14.3 Å². The molecule has 25 heavy (non-hydrogen) atoms. The zero-order valence-electron chi connectivity index (χ0n) is 14.8. The van der Waals surface area contributed by atoms with Crippen LogP contribution in [0.15, 0.2) is 42.5 Å². The first-order chi connectivity index (χ1) is 11.6. The second-order valence-electron chi connectivity index (χ2n) is 7.12. The lowest BCUT2D eigenvalue weighted by molar-refractivity contribution is -0.196. The largest absolute Gasteiger partial charge is 0.756 e. The minimum Gasteiger partial charge on any atom is -0.756 e. The van der Waals surface area contributed by atoms with E-state index in [4.69, 9.17) is 9.26 Å². The lowest BCUT2D eigenvalue weighted by Crippen LogP contribution is -2.38. The van der Waals surface area contributed by atoms with Crippen molar-refractivity contribution < 1.29 is 23.5 Å². The molecule has 0 bridgehead atoms. The van der Waals surface area contributed by atoms with E-state index in [-0.39, 0.29) is 17.8 Å². The number of hydrogen-bond acceptors (Lipinski definition) is 5. The molecule has 2 atom stereocenters. The number of benzene rings is 2. The van der Waals surface area contributed by atoms with Gasteiger partial charge in [0.05, 0.1) is 6.61 Å². The molecule has 0 spiro atoms. The number of carbonyl (C=O) groups is 1. The Morgan fingerprint density at radius 3 is 2.48 bits per heavy atom. The van der Waals surface area contributed by atoms with Gasteiger partial charge in [0.25, 0.3) is 7.75 Å². The number of esters is 1. The average Bonchev–Trinajstić information content (AvgIpc) is 2.50. The van der Waals surface area contributed by atoms with Crippen molar-refractivity contribution in [2.75, 3.05) is 6.61 Å². The molecule has 0 fully saturated rings. The quantitative estimate of drug-likeness (QED) is 0.625. The Labute approximate surface area is 147 Å². The van der Waals surface area contributed by atoms with E-state index in [0.29, 0.717) is 0 Å². The van der Waals surface area contributed by atoms with Crippen LogP contribution in [0.2, 0.25) is 0 Å². The van der Waals surface area contributed by atoms with Crippen molar-refractivity contribution in [2.45, 2.75) is 33.7 Å². The summed E-state index contributed by atoms with van der Waals surface area (Å²) >= 11 is 0. The molecule has 0 saturated heterocycles. The van der Waals surface area contributed by atoms with E-state index < -0.39 is 19.8 Å². The lowest BCUT2D eigenvalue weighted by atomic mass is 9.99. The summed E-state index contributed by atoms with van der Waals surface area (Å²) in [6.45, 7) is 7.37. The Morgan fingerprint density at radius 1 is 1.20 bits per heavy atom. The van der Waals surface area contributed by atoms with Gasteiger partial charge in [-0.1, -0.05) is 51.1 Å². The maximum atomic E-state index is 12.1. The first kappa shape index (κ1) is 19.4. The molecule has 0 aliphatic rings. The molecule has 0 radical (unpaired) electrons. The molecule has 6 nitrogen and oxygen atoms in total. The average molecular weight is 364 g/mol. The van der Waals surface area contributed by atoms with Crippen LogP contribution in [0, 0.1) is 5.41 Å². The van der Waals surface area contributed by atoms with E-state index >= 15 is 0 Å². The number of hydrogen-bond donors (Lipinski definition) is 1. The highest BCUT2D eigenvalue weighted by Gasteiger charge is 2.23. The Bertz CT molecular complexity index is 799. The summed E-state index contributed by atoms with van der Waals surface area (Å²) in [6.07, 6.45) is 0. The van der Waals surface area contributed by atoms with Crippen LogP contribution in [0.5, 0.6) is 5.75 Å². The number of nitrogens with one attached hydrogen (secondary N) is 1. The van der Waals surface area contributed by atoms with Crippen LogP contribution in [0.25, 0.3) is 10.8 Å².